The van der Waals surface area contributed by atoms with Crippen molar-refractivity contribution in [2.45, 2.75) is 26.9 Å². The number of rotatable bonds is 4. The molecule has 0 aliphatic carbocycles. The van der Waals surface area contributed by atoms with Crippen molar-refractivity contribution in [1.82, 2.24) is 5.32 Å². The van der Waals surface area contributed by atoms with Gasteiger partial charge in [0, 0.05) is 13.1 Å². The highest BCUT2D eigenvalue weighted by Crippen LogP contribution is 2.09. The van der Waals surface area contributed by atoms with Gasteiger partial charge in [-0.2, -0.15) is 0 Å². The maximum absolute atomic E-state index is 8.94. The Labute approximate surface area is 68.4 Å². The Bertz CT molecular complexity index is 98.8. The van der Waals surface area contributed by atoms with Crippen molar-refractivity contribution < 1.29 is 10.2 Å². The fraction of sp³-hybridized carbons (Fsp3) is 1.00. The van der Waals surface area contributed by atoms with Crippen molar-refractivity contribution >= 4 is 0 Å². The summed E-state index contributed by atoms with van der Waals surface area (Å²) in [6, 6.07) is 0. The normalized spacial score (nSPS) is 15.0. The predicted octanol–water partition coefficient (Wildman–Crippen LogP) is -0.0247. The standard InChI is InChI=1S/C8H19NO2/c1-8(2,3)6-9-4-7(11)5-10/h7,9-11H,4-6H2,1-3H3/t7-/m0/s1. The minimum Gasteiger partial charge on any atom is -0.394 e. The molecule has 0 aliphatic heterocycles. The largest absolute Gasteiger partial charge is 0.394 e. The monoisotopic (exact) mass is 161 g/mol. The topological polar surface area (TPSA) is 52.5 Å². The Morgan fingerprint density at radius 2 is 1.91 bits per heavy atom. The van der Waals surface area contributed by atoms with Crippen LogP contribution in [0.3, 0.4) is 0 Å². The molecule has 1 atom stereocenters. The highest BCUT2D eigenvalue weighted by atomic mass is 16.3. The summed E-state index contributed by atoms with van der Waals surface area (Å²) in [4.78, 5) is 0. The van der Waals surface area contributed by atoms with Crippen LogP contribution in [0, 0.1) is 5.41 Å². The second-order valence-corrected chi connectivity index (χ2v) is 4.03. The van der Waals surface area contributed by atoms with E-state index in [4.69, 9.17) is 10.2 Å². The molecule has 0 aromatic rings. The van der Waals surface area contributed by atoms with Gasteiger partial charge in [0.25, 0.3) is 0 Å². The first-order chi connectivity index (χ1) is 4.95. The molecule has 0 rings (SSSR count). The third-order valence-electron chi connectivity index (χ3n) is 1.25. The van der Waals surface area contributed by atoms with Crippen LogP contribution in [0.2, 0.25) is 0 Å². The maximum atomic E-state index is 8.94. The van der Waals surface area contributed by atoms with E-state index >= 15 is 0 Å². The predicted molar refractivity (Wildman–Crippen MR) is 45.4 cm³/mol. The molecule has 0 aromatic carbocycles. The average Bonchev–Trinajstić information content (AvgIpc) is 1.85. The van der Waals surface area contributed by atoms with Crippen LogP contribution >= 0.6 is 0 Å². The lowest BCUT2D eigenvalue weighted by molar-refractivity contribution is 0.0925. The number of aliphatic hydroxyl groups is 2. The smallest absolute Gasteiger partial charge is 0.0894 e. The van der Waals surface area contributed by atoms with Crippen molar-refractivity contribution in [3.05, 3.63) is 0 Å². The minimum absolute atomic E-state index is 0.170. The van der Waals surface area contributed by atoms with Crippen LogP contribution in [0.15, 0.2) is 0 Å². The molecule has 0 radical (unpaired) electrons. The molecule has 3 heteroatoms. The molecule has 0 unspecified atom stereocenters. The van der Waals surface area contributed by atoms with Gasteiger partial charge < -0.3 is 15.5 Å². The zero-order valence-corrected chi connectivity index (χ0v) is 7.59. The van der Waals surface area contributed by atoms with E-state index in [2.05, 4.69) is 26.1 Å². The van der Waals surface area contributed by atoms with E-state index in [1.54, 1.807) is 0 Å². The average molecular weight is 161 g/mol. The molecule has 0 saturated heterocycles. The van der Waals surface area contributed by atoms with Gasteiger partial charge in [0.1, 0.15) is 0 Å². The van der Waals surface area contributed by atoms with E-state index < -0.39 is 6.10 Å². The molecular weight excluding hydrogens is 142 g/mol. The first kappa shape index (κ1) is 10.9. The molecule has 68 valence electrons. The summed E-state index contributed by atoms with van der Waals surface area (Å²) in [5, 5.41) is 20.5. The highest BCUT2D eigenvalue weighted by Gasteiger charge is 2.09. The van der Waals surface area contributed by atoms with E-state index in [0.717, 1.165) is 6.54 Å². The summed E-state index contributed by atoms with van der Waals surface area (Å²) in [5.74, 6) is 0. The lowest BCUT2D eigenvalue weighted by atomic mass is 9.97. The number of nitrogens with one attached hydrogen (secondary N) is 1. The molecule has 3 nitrogen and oxygen atoms in total. The maximum Gasteiger partial charge on any atom is 0.0894 e. The number of hydrogen-bond donors (Lipinski definition) is 3. The Kier molecular flexibility index (Phi) is 4.65. The van der Waals surface area contributed by atoms with Crippen LogP contribution < -0.4 is 5.32 Å². The molecule has 0 amide bonds. The van der Waals surface area contributed by atoms with E-state index in [1.807, 2.05) is 0 Å². The third kappa shape index (κ3) is 7.78. The summed E-state index contributed by atoms with van der Waals surface area (Å²) in [7, 11) is 0. The van der Waals surface area contributed by atoms with Crippen molar-refractivity contribution in [3.63, 3.8) is 0 Å². The quantitative estimate of drug-likeness (QED) is 0.543. The molecule has 3 N–H and O–H groups in total. The molecule has 11 heavy (non-hydrogen) atoms. The van der Waals surface area contributed by atoms with Gasteiger partial charge in [0.2, 0.25) is 0 Å². The third-order valence-corrected chi connectivity index (χ3v) is 1.25. The fourth-order valence-corrected chi connectivity index (χ4v) is 0.678. The van der Waals surface area contributed by atoms with Crippen molar-refractivity contribution in [3.8, 4) is 0 Å². The molecule has 0 heterocycles. The summed E-state index contributed by atoms with van der Waals surface area (Å²) in [6.45, 7) is 7.50. The zero-order chi connectivity index (χ0) is 8.91. The highest BCUT2D eigenvalue weighted by molar-refractivity contribution is 4.66. The van der Waals surface area contributed by atoms with Gasteiger partial charge in [-0.15, -0.1) is 0 Å². The van der Waals surface area contributed by atoms with Gasteiger partial charge in [0.05, 0.1) is 12.7 Å². The first-order valence-electron chi connectivity index (χ1n) is 3.95. The summed E-state index contributed by atoms with van der Waals surface area (Å²) >= 11 is 0. The van der Waals surface area contributed by atoms with Gasteiger partial charge in [-0.1, -0.05) is 20.8 Å². The van der Waals surface area contributed by atoms with Crippen LogP contribution in [-0.4, -0.2) is 36.0 Å². The van der Waals surface area contributed by atoms with E-state index in [-0.39, 0.29) is 12.0 Å². The first-order valence-corrected chi connectivity index (χ1v) is 3.95. The minimum atomic E-state index is -0.627. The second-order valence-electron chi connectivity index (χ2n) is 4.03. The molecule has 0 aliphatic rings. The van der Waals surface area contributed by atoms with Crippen LogP contribution in [0.5, 0.6) is 0 Å². The molecular formula is C8H19NO2. The van der Waals surface area contributed by atoms with Crippen molar-refractivity contribution in [1.29, 1.82) is 0 Å². The summed E-state index contributed by atoms with van der Waals surface area (Å²) in [5.41, 5.74) is 0.231. The number of hydrogen-bond acceptors (Lipinski definition) is 3. The Balaban J connectivity index is 3.28. The van der Waals surface area contributed by atoms with Crippen LogP contribution in [-0.2, 0) is 0 Å². The molecule has 0 spiro atoms. The summed E-state index contributed by atoms with van der Waals surface area (Å²) in [6.07, 6.45) is -0.627. The van der Waals surface area contributed by atoms with Crippen molar-refractivity contribution in [2.24, 2.45) is 5.41 Å². The van der Waals surface area contributed by atoms with E-state index in [9.17, 15) is 0 Å². The van der Waals surface area contributed by atoms with Gasteiger partial charge in [-0.3, -0.25) is 0 Å². The molecule has 0 saturated carbocycles. The zero-order valence-electron chi connectivity index (χ0n) is 7.59. The lowest BCUT2D eigenvalue weighted by Gasteiger charge is -2.19. The second kappa shape index (κ2) is 4.70. The number of aliphatic hydroxyl groups excluding tert-OH is 2. The SMILES string of the molecule is CC(C)(C)CNC[C@H](O)CO. The van der Waals surface area contributed by atoms with Gasteiger partial charge >= 0.3 is 0 Å². The van der Waals surface area contributed by atoms with Crippen LogP contribution in [0.1, 0.15) is 20.8 Å². The van der Waals surface area contributed by atoms with Crippen LogP contribution in [0.25, 0.3) is 0 Å². The molecule has 0 bridgehead atoms. The Morgan fingerprint density at radius 3 is 2.27 bits per heavy atom. The van der Waals surface area contributed by atoms with E-state index in [0.29, 0.717) is 6.54 Å². The van der Waals surface area contributed by atoms with Gasteiger partial charge in [0.15, 0.2) is 0 Å². The Morgan fingerprint density at radius 1 is 1.36 bits per heavy atom. The fourth-order valence-electron chi connectivity index (χ4n) is 0.678. The van der Waals surface area contributed by atoms with Crippen LogP contribution in [0.4, 0.5) is 0 Å². The lowest BCUT2D eigenvalue weighted by Crippen LogP contribution is -2.34. The Hall–Kier alpha value is -0.120. The van der Waals surface area contributed by atoms with Gasteiger partial charge in [-0.05, 0) is 5.41 Å². The van der Waals surface area contributed by atoms with E-state index in [1.165, 1.54) is 0 Å². The van der Waals surface area contributed by atoms with Crippen molar-refractivity contribution in [2.75, 3.05) is 19.7 Å². The molecule has 0 fully saturated rings. The molecule has 0 aromatic heterocycles. The summed E-state index contributed by atoms with van der Waals surface area (Å²) < 4.78 is 0. The van der Waals surface area contributed by atoms with Gasteiger partial charge in [-0.25, -0.2) is 0 Å².